The van der Waals surface area contributed by atoms with Gasteiger partial charge in [-0.25, -0.2) is 13.1 Å². The molecule has 2 rings (SSSR count). The molecule has 0 radical (unpaired) electrons. The van der Waals surface area contributed by atoms with E-state index in [1.54, 1.807) is 23.9 Å². The minimum atomic E-state index is -3.61. The van der Waals surface area contributed by atoms with Gasteiger partial charge in [0.15, 0.2) is 0 Å². The quantitative estimate of drug-likeness (QED) is 0.836. The fourth-order valence-electron chi connectivity index (χ4n) is 2.10. The van der Waals surface area contributed by atoms with Gasteiger partial charge in [-0.2, -0.15) is 5.10 Å². The zero-order valence-electron chi connectivity index (χ0n) is 12.6. The molecule has 0 unspecified atom stereocenters. The molecule has 6 nitrogen and oxygen atoms in total. The van der Waals surface area contributed by atoms with Crippen LogP contribution in [-0.4, -0.2) is 18.2 Å². The number of nitrogens with one attached hydrogen (secondary N) is 1. The van der Waals surface area contributed by atoms with Gasteiger partial charge in [-0.3, -0.25) is 4.68 Å². The molecule has 0 bridgehead atoms. The molecule has 0 saturated heterocycles. The SMILES string of the molecule is Cc1cc(N)cc(S(=O)(=O)NCc2cnn(C)c2C)c1C. The van der Waals surface area contributed by atoms with Crippen LogP contribution in [0.3, 0.4) is 0 Å². The van der Waals surface area contributed by atoms with Crippen LogP contribution in [0.25, 0.3) is 0 Å². The van der Waals surface area contributed by atoms with Crippen LogP contribution in [0.1, 0.15) is 22.4 Å². The summed E-state index contributed by atoms with van der Waals surface area (Å²) in [7, 11) is -1.79. The summed E-state index contributed by atoms with van der Waals surface area (Å²) in [6.07, 6.45) is 1.66. The van der Waals surface area contributed by atoms with Gasteiger partial charge in [0.2, 0.25) is 10.0 Å². The lowest BCUT2D eigenvalue weighted by Crippen LogP contribution is -2.24. The number of aryl methyl sites for hydroxylation is 2. The van der Waals surface area contributed by atoms with Crippen molar-refractivity contribution in [2.75, 3.05) is 5.73 Å². The average molecular weight is 308 g/mol. The number of anilines is 1. The van der Waals surface area contributed by atoms with Crippen LogP contribution >= 0.6 is 0 Å². The summed E-state index contributed by atoms with van der Waals surface area (Å²) in [6, 6.07) is 3.25. The van der Waals surface area contributed by atoms with Crippen molar-refractivity contribution in [2.45, 2.75) is 32.2 Å². The Bertz CT molecular complexity index is 779. The van der Waals surface area contributed by atoms with Crippen LogP contribution in [0.2, 0.25) is 0 Å². The van der Waals surface area contributed by atoms with Crippen molar-refractivity contribution in [1.82, 2.24) is 14.5 Å². The molecule has 0 atom stereocenters. The van der Waals surface area contributed by atoms with Gasteiger partial charge in [-0.15, -0.1) is 0 Å². The topological polar surface area (TPSA) is 90.0 Å². The lowest BCUT2D eigenvalue weighted by molar-refractivity contribution is 0.580. The van der Waals surface area contributed by atoms with E-state index in [0.29, 0.717) is 11.3 Å². The van der Waals surface area contributed by atoms with E-state index in [2.05, 4.69) is 9.82 Å². The highest BCUT2D eigenvalue weighted by molar-refractivity contribution is 7.89. The third-order valence-corrected chi connectivity index (χ3v) is 5.25. The van der Waals surface area contributed by atoms with Gasteiger partial charge in [0.05, 0.1) is 11.1 Å². The molecule has 1 aromatic heterocycles. The van der Waals surface area contributed by atoms with E-state index in [4.69, 9.17) is 5.73 Å². The number of rotatable bonds is 4. The predicted octanol–water partition coefficient (Wildman–Crippen LogP) is 1.41. The molecular weight excluding hydrogens is 288 g/mol. The summed E-state index contributed by atoms with van der Waals surface area (Å²) in [5.74, 6) is 0. The minimum absolute atomic E-state index is 0.204. The van der Waals surface area contributed by atoms with E-state index < -0.39 is 10.0 Å². The standard InChI is InChI=1S/C14H20N4O2S/c1-9-5-13(15)6-14(10(9)2)21(19,20)17-8-12-7-16-18(4)11(12)3/h5-7,17H,8,15H2,1-4H3. The number of aromatic nitrogens is 2. The maximum absolute atomic E-state index is 12.5. The third kappa shape index (κ3) is 3.08. The monoisotopic (exact) mass is 308 g/mol. The molecule has 7 heteroatoms. The summed E-state index contributed by atoms with van der Waals surface area (Å²) in [5, 5.41) is 4.10. The lowest BCUT2D eigenvalue weighted by Gasteiger charge is -2.12. The Balaban J connectivity index is 2.29. The number of benzene rings is 1. The first kappa shape index (κ1) is 15.5. The number of sulfonamides is 1. The fraction of sp³-hybridized carbons (Fsp3) is 0.357. The number of hydrogen-bond acceptors (Lipinski definition) is 4. The smallest absolute Gasteiger partial charge is 0.241 e. The summed E-state index contributed by atoms with van der Waals surface area (Å²) in [6.45, 7) is 5.72. The van der Waals surface area contributed by atoms with Crippen molar-refractivity contribution in [1.29, 1.82) is 0 Å². The highest BCUT2D eigenvalue weighted by atomic mass is 32.2. The van der Waals surface area contributed by atoms with Gasteiger partial charge in [-0.1, -0.05) is 0 Å². The van der Waals surface area contributed by atoms with Crippen molar-refractivity contribution in [2.24, 2.45) is 7.05 Å². The Morgan fingerprint density at radius 1 is 1.29 bits per heavy atom. The van der Waals surface area contributed by atoms with Gasteiger partial charge in [0.1, 0.15) is 0 Å². The number of hydrogen-bond donors (Lipinski definition) is 2. The maximum atomic E-state index is 12.5. The fourth-order valence-corrected chi connectivity index (χ4v) is 3.46. The molecule has 0 saturated carbocycles. The number of nitrogens with two attached hydrogens (primary N) is 1. The minimum Gasteiger partial charge on any atom is -0.399 e. The predicted molar refractivity (Wildman–Crippen MR) is 82.3 cm³/mol. The lowest BCUT2D eigenvalue weighted by atomic mass is 10.1. The van der Waals surface area contributed by atoms with E-state index in [-0.39, 0.29) is 11.4 Å². The second-order valence-electron chi connectivity index (χ2n) is 5.16. The van der Waals surface area contributed by atoms with Crippen molar-refractivity contribution < 1.29 is 8.42 Å². The molecule has 0 amide bonds. The zero-order valence-corrected chi connectivity index (χ0v) is 13.5. The third-order valence-electron chi connectivity index (χ3n) is 3.72. The Morgan fingerprint density at radius 2 is 1.95 bits per heavy atom. The van der Waals surface area contributed by atoms with Gasteiger partial charge < -0.3 is 5.73 Å². The van der Waals surface area contributed by atoms with Crippen molar-refractivity contribution in [3.63, 3.8) is 0 Å². The van der Waals surface area contributed by atoms with E-state index >= 15 is 0 Å². The first-order valence-corrected chi connectivity index (χ1v) is 8.04. The normalized spacial score (nSPS) is 11.8. The Morgan fingerprint density at radius 3 is 2.52 bits per heavy atom. The van der Waals surface area contributed by atoms with E-state index in [0.717, 1.165) is 16.8 Å². The Kier molecular flexibility index (Phi) is 4.06. The Hall–Kier alpha value is -1.86. The van der Waals surface area contributed by atoms with Crippen LogP contribution < -0.4 is 10.5 Å². The van der Waals surface area contributed by atoms with Crippen LogP contribution in [0.5, 0.6) is 0 Å². The van der Waals surface area contributed by atoms with Crippen LogP contribution in [0.15, 0.2) is 23.2 Å². The van der Waals surface area contributed by atoms with Gasteiger partial charge >= 0.3 is 0 Å². The molecule has 0 aliphatic carbocycles. The molecule has 21 heavy (non-hydrogen) atoms. The molecule has 0 spiro atoms. The molecule has 2 aromatic rings. The summed E-state index contributed by atoms with van der Waals surface area (Å²) >= 11 is 0. The molecule has 0 aliphatic heterocycles. The van der Waals surface area contributed by atoms with E-state index in [1.807, 2.05) is 20.9 Å². The highest BCUT2D eigenvalue weighted by Gasteiger charge is 2.19. The second kappa shape index (κ2) is 5.50. The summed E-state index contributed by atoms with van der Waals surface area (Å²) < 4.78 is 29.2. The summed E-state index contributed by atoms with van der Waals surface area (Å²) in [4.78, 5) is 0.224. The second-order valence-corrected chi connectivity index (χ2v) is 6.90. The molecule has 3 N–H and O–H groups in total. The molecule has 0 fully saturated rings. The Labute approximate surface area is 125 Å². The maximum Gasteiger partial charge on any atom is 0.241 e. The first-order chi connectivity index (χ1) is 9.72. The molecule has 0 aliphatic rings. The van der Waals surface area contributed by atoms with Crippen molar-refractivity contribution >= 4 is 15.7 Å². The molecular formula is C14H20N4O2S. The highest BCUT2D eigenvalue weighted by Crippen LogP contribution is 2.22. The molecule has 114 valence electrons. The van der Waals surface area contributed by atoms with Gasteiger partial charge in [0, 0.05) is 30.5 Å². The van der Waals surface area contributed by atoms with Gasteiger partial charge in [-0.05, 0) is 44.0 Å². The van der Waals surface area contributed by atoms with E-state index in [1.165, 1.54) is 6.07 Å². The van der Waals surface area contributed by atoms with Crippen LogP contribution in [0, 0.1) is 20.8 Å². The number of nitrogens with zero attached hydrogens (tertiary/aromatic N) is 2. The average Bonchev–Trinajstić information content (AvgIpc) is 2.72. The number of nitrogen functional groups attached to an aromatic ring is 1. The molecule has 1 aromatic carbocycles. The molecule has 1 heterocycles. The van der Waals surface area contributed by atoms with Gasteiger partial charge in [0.25, 0.3) is 0 Å². The van der Waals surface area contributed by atoms with Crippen LogP contribution in [0.4, 0.5) is 5.69 Å². The van der Waals surface area contributed by atoms with Crippen molar-refractivity contribution in [3.05, 3.63) is 40.7 Å². The van der Waals surface area contributed by atoms with Crippen molar-refractivity contribution in [3.8, 4) is 0 Å². The van der Waals surface area contributed by atoms with E-state index in [9.17, 15) is 8.42 Å². The largest absolute Gasteiger partial charge is 0.399 e. The first-order valence-electron chi connectivity index (χ1n) is 6.56. The zero-order chi connectivity index (χ0) is 15.8. The van der Waals surface area contributed by atoms with Crippen LogP contribution in [-0.2, 0) is 23.6 Å². The summed E-state index contributed by atoms with van der Waals surface area (Å²) in [5.41, 5.74) is 9.53.